The van der Waals surface area contributed by atoms with Gasteiger partial charge in [0.05, 0.1) is 13.2 Å². The van der Waals surface area contributed by atoms with Crippen molar-refractivity contribution in [2.75, 3.05) is 11.5 Å². The van der Waals surface area contributed by atoms with Crippen molar-refractivity contribution in [1.29, 1.82) is 0 Å². The molecule has 0 saturated carbocycles. The van der Waals surface area contributed by atoms with E-state index in [1.54, 1.807) is 0 Å². The van der Waals surface area contributed by atoms with Crippen LogP contribution in [0.2, 0.25) is 0 Å². The molecule has 0 aromatic heterocycles. The Balaban J connectivity index is 2.07. The van der Waals surface area contributed by atoms with E-state index in [0.717, 1.165) is 29.8 Å². The fraction of sp³-hybridized carbons (Fsp3) is 0.278. The SMILES string of the molecule is CCCCOc1ccc(N(Cc2ccccc2)C(=O)Cl)cc1. The topological polar surface area (TPSA) is 29.5 Å². The Labute approximate surface area is 136 Å². The number of rotatable bonds is 7. The van der Waals surface area contributed by atoms with Crippen LogP contribution in [0.15, 0.2) is 54.6 Å². The van der Waals surface area contributed by atoms with E-state index in [2.05, 4.69) is 6.92 Å². The molecule has 0 bridgehead atoms. The monoisotopic (exact) mass is 317 g/mol. The predicted octanol–water partition coefficient (Wildman–Crippen LogP) is 5.23. The number of benzene rings is 2. The number of amides is 1. The molecule has 4 heteroatoms. The Morgan fingerprint density at radius 1 is 1.09 bits per heavy atom. The Hall–Kier alpha value is -2.00. The first-order chi connectivity index (χ1) is 10.7. The van der Waals surface area contributed by atoms with Crippen LogP contribution in [0.3, 0.4) is 0 Å². The number of unbranched alkanes of at least 4 members (excludes halogenated alkanes) is 1. The maximum atomic E-state index is 11.7. The molecule has 1 amide bonds. The molecule has 2 aromatic rings. The van der Waals surface area contributed by atoms with Crippen LogP contribution >= 0.6 is 11.6 Å². The minimum atomic E-state index is -0.497. The van der Waals surface area contributed by atoms with Crippen LogP contribution in [-0.2, 0) is 6.54 Å². The van der Waals surface area contributed by atoms with E-state index in [9.17, 15) is 4.79 Å². The third-order valence-corrected chi connectivity index (χ3v) is 3.51. The molecule has 22 heavy (non-hydrogen) atoms. The highest BCUT2D eigenvalue weighted by atomic mass is 35.5. The molecule has 116 valence electrons. The van der Waals surface area contributed by atoms with Crippen molar-refractivity contribution in [2.45, 2.75) is 26.3 Å². The van der Waals surface area contributed by atoms with Crippen LogP contribution in [0.5, 0.6) is 5.75 Å². The highest BCUT2D eigenvalue weighted by Crippen LogP contribution is 2.23. The molecule has 2 aromatic carbocycles. The van der Waals surface area contributed by atoms with Gasteiger partial charge in [0.25, 0.3) is 0 Å². The van der Waals surface area contributed by atoms with Gasteiger partial charge in [-0.25, -0.2) is 0 Å². The number of hydrogen-bond donors (Lipinski definition) is 0. The first-order valence-electron chi connectivity index (χ1n) is 7.44. The summed E-state index contributed by atoms with van der Waals surface area (Å²) in [7, 11) is 0. The van der Waals surface area contributed by atoms with Crippen LogP contribution in [-0.4, -0.2) is 12.0 Å². The van der Waals surface area contributed by atoms with E-state index >= 15 is 0 Å². The summed E-state index contributed by atoms with van der Waals surface area (Å²) >= 11 is 5.73. The zero-order valence-corrected chi connectivity index (χ0v) is 13.4. The fourth-order valence-corrected chi connectivity index (χ4v) is 2.23. The number of hydrogen-bond acceptors (Lipinski definition) is 2. The van der Waals surface area contributed by atoms with E-state index in [1.165, 1.54) is 4.90 Å². The summed E-state index contributed by atoms with van der Waals surface area (Å²) in [6.07, 6.45) is 2.13. The van der Waals surface area contributed by atoms with Gasteiger partial charge in [-0.15, -0.1) is 0 Å². The fourth-order valence-electron chi connectivity index (χ4n) is 2.08. The molecular weight excluding hydrogens is 298 g/mol. The van der Waals surface area contributed by atoms with Gasteiger partial charge in [0.15, 0.2) is 0 Å². The molecule has 3 nitrogen and oxygen atoms in total. The molecule has 2 rings (SSSR count). The summed E-state index contributed by atoms with van der Waals surface area (Å²) in [5.41, 5.74) is 1.78. The lowest BCUT2D eigenvalue weighted by atomic mass is 10.2. The number of nitrogens with zero attached hydrogens (tertiary/aromatic N) is 1. The summed E-state index contributed by atoms with van der Waals surface area (Å²) < 4.78 is 5.62. The normalized spacial score (nSPS) is 10.3. The molecule has 0 radical (unpaired) electrons. The lowest BCUT2D eigenvalue weighted by molar-refractivity contribution is 0.264. The molecule has 0 aliphatic heterocycles. The molecule has 0 aliphatic carbocycles. The molecule has 0 spiro atoms. The number of ether oxygens (including phenoxy) is 1. The lowest BCUT2D eigenvalue weighted by Crippen LogP contribution is -2.24. The summed E-state index contributed by atoms with van der Waals surface area (Å²) in [5.74, 6) is 0.805. The van der Waals surface area contributed by atoms with E-state index in [1.807, 2.05) is 54.6 Å². The second-order valence-electron chi connectivity index (χ2n) is 5.02. The van der Waals surface area contributed by atoms with Crippen molar-refractivity contribution >= 4 is 22.7 Å². The molecule has 0 N–H and O–H groups in total. The molecule has 0 atom stereocenters. The van der Waals surface area contributed by atoms with Crippen molar-refractivity contribution < 1.29 is 9.53 Å². The molecule has 0 unspecified atom stereocenters. The maximum Gasteiger partial charge on any atom is 0.321 e. The van der Waals surface area contributed by atoms with Gasteiger partial charge in [-0.2, -0.15) is 0 Å². The Bertz CT molecular complexity index is 584. The van der Waals surface area contributed by atoms with Gasteiger partial charge in [0.2, 0.25) is 0 Å². The smallest absolute Gasteiger partial charge is 0.321 e. The lowest BCUT2D eigenvalue weighted by Gasteiger charge is -2.20. The number of halogens is 1. The van der Waals surface area contributed by atoms with Gasteiger partial charge in [-0.3, -0.25) is 9.69 Å². The van der Waals surface area contributed by atoms with Gasteiger partial charge < -0.3 is 4.74 Å². The zero-order chi connectivity index (χ0) is 15.8. The van der Waals surface area contributed by atoms with Crippen LogP contribution in [0.1, 0.15) is 25.3 Å². The van der Waals surface area contributed by atoms with Crippen LogP contribution in [0.25, 0.3) is 0 Å². The second-order valence-corrected chi connectivity index (χ2v) is 5.34. The van der Waals surface area contributed by atoms with E-state index in [-0.39, 0.29) is 0 Å². The molecule has 0 fully saturated rings. The van der Waals surface area contributed by atoms with E-state index < -0.39 is 5.37 Å². The molecule has 0 heterocycles. The van der Waals surface area contributed by atoms with Crippen molar-refractivity contribution in [1.82, 2.24) is 0 Å². The van der Waals surface area contributed by atoms with Crippen LogP contribution in [0, 0.1) is 0 Å². The van der Waals surface area contributed by atoms with E-state index in [0.29, 0.717) is 13.2 Å². The van der Waals surface area contributed by atoms with Gasteiger partial charge in [-0.05, 0) is 47.9 Å². The summed E-state index contributed by atoms with van der Waals surface area (Å²) in [5, 5.41) is -0.497. The molecule has 0 saturated heterocycles. The van der Waals surface area contributed by atoms with Gasteiger partial charge in [-0.1, -0.05) is 43.7 Å². The Morgan fingerprint density at radius 3 is 2.36 bits per heavy atom. The Morgan fingerprint density at radius 2 is 1.77 bits per heavy atom. The highest BCUT2D eigenvalue weighted by Gasteiger charge is 2.14. The summed E-state index contributed by atoms with van der Waals surface area (Å²) in [6.45, 7) is 3.28. The quantitative estimate of drug-likeness (QED) is 0.397. The standard InChI is InChI=1S/C18H20ClNO2/c1-2-3-13-22-17-11-9-16(10-12-17)20(18(19)21)14-15-7-5-4-6-8-15/h4-12H,2-3,13-14H2,1H3. The average molecular weight is 318 g/mol. The number of carbonyl (C=O) groups is 1. The van der Waals surface area contributed by atoms with Gasteiger partial charge in [0, 0.05) is 5.69 Å². The third kappa shape index (κ3) is 4.78. The van der Waals surface area contributed by atoms with Gasteiger partial charge in [0.1, 0.15) is 5.75 Å². The minimum absolute atomic E-state index is 0.444. The molecular formula is C18H20ClNO2. The third-order valence-electron chi connectivity index (χ3n) is 3.31. The number of anilines is 1. The maximum absolute atomic E-state index is 11.7. The van der Waals surface area contributed by atoms with Crippen LogP contribution < -0.4 is 9.64 Å². The minimum Gasteiger partial charge on any atom is -0.494 e. The van der Waals surface area contributed by atoms with Crippen molar-refractivity contribution in [2.24, 2.45) is 0 Å². The van der Waals surface area contributed by atoms with E-state index in [4.69, 9.17) is 16.3 Å². The van der Waals surface area contributed by atoms with Crippen molar-refractivity contribution in [3.05, 3.63) is 60.2 Å². The summed E-state index contributed by atoms with van der Waals surface area (Å²) in [4.78, 5) is 13.2. The first-order valence-corrected chi connectivity index (χ1v) is 7.82. The van der Waals surface area contributed by atoms with Gasteiger partial charge >= 0.3 is 5.37 Å². The highest BCUT2D eigenvalue weighted by molar-refractivity contribution is 6.66. The summed E-state index contributed by atoms with van der Waals surface area (Å²) in [6, 6.07) is 17.2. The van der Waals surface area contributed by atoms with Crippen molar-refractivity contribution in [3.63, 3.8) is 0 Å². The van der Waals surface area contributed by atoms with Crippen molar-refractivity contribution in [3.8, 4) is 5.75 Å². The largest absolute Gasteiger partial charge is 0.494 e. The first kappa shape index (κ1) is 16.4. The average Bonchev–Trinajstić information content (AvgIpc) is 2.54. The number of carbonyl (C=O) groups excluding carboxylic acids is 1. The molecule has 0 aliphatic rings. The predicted molar refractivity (Wildman–Crippen MR) is 90.7 cm³/mol. The zero-order valence-electron chi connectivity index (χ0n) is 12.7. The second kappa shape index (κ2) is 8.44. The Kier molecular flexibility index (Phi) is 6.28. The van der Waals surface area contributed by atoms with Crippen LogP contribution in [0.4, 0.5) is 10.5 Å².